The highest BCUT2D eigenvalue weighted by molar-refractivity contribution is 6.32. The number of aryl methyl sites for hydroxylation is 1. The smallest absolute Gasteiger partial charge is 0.337 e. The Morgan fingerprint density at radius 3 is 2.70 bits per heavy atom. The molecule has 0 unspecified atom stereocenters. The summed E-state index contributed by atoms with van der Waals surface area (Å²) in [5.41, 5.74) is 2.64. The lowest BCUT2D eigenvalue weighted by Crippen LogP contribution is -2.05. The van der Waals surface area contributed by atoms with Crippen LogP contribution in [0.15, 0.2) is 36.4 Å². The van der Waals surface area contributed by atoms with Crippen LogP contribution in [0.4, 0.5) is 0 Å². The van der Waals surface area contributed by atoms with Crippen molar-refractivity contribution < 1.29 is 9.90 Å². The number of aromatic carboxylic acids is 1. The number of rotatable bonds is 2. The molecule has 0 amide bonds. The maximum Gasteiger partial charge on any atom is 0.337 e. The number of hydrogen-bond donors (Lipinski definition) is 1. The topological polar surface area (TPSA) is 68.0 Å². The number of benzene rings is 2. The highest BCUT2D eigenvalue weighted by Gasteiger charge is 2.18. The van der Waals surface area contributed by atoms with Gasteiger partial charge in [-0.1, -0.05) is 35.0 Å². The molecule has 0 saturated heterocycles. The Labute approximate surface area is 119 Å². The lowest BCUT2D eigenvalue weighted by molar-refractivity contribution is 0.0698. The van der Waals surface area contributed by atoms with Gasteiger partial charge in [-0.15, -0.1) is 5.10 Å². The summed E-state index contributed by atoms with van der Waals surface area (Å²) in [4.78, 5) is 11.4. The van der Waals surface area contributed by atoms with Crippen LogP contribution in [-0.2, 0) is 0 Å². The van der Waals surface area contributed by atoms with Gasteiger partial charge in [-0.05, 0) is 30.7 Å². The number of halogens is 1. The standard InChI is InChI=1S/C14H10ClN3O2/c1-8-4-2-6-10(15)12(8)18-13-9(14(19)20)5-3-7-11(13)16-17-18/h2-7H,1H3,(H,19,20). The summed E-state index contributed by atoms with van der Waals surface area (Å²) in [7, 11) is 0. The lowest BCUT2D eigenvalue weighted by atomic mass is 10.1. The highest BCUT2D eigenvalue weighted by Crippen LogP contribution is 2.27. The molecule has 1 heterocycles. The van der Waals surface area contributed by atoms with Crippen LogP contribution in [0.1, 0.15) is 15.9 Å². The van der Waals surface area contributed by atoms with Crippen molar-refractivity contribution in [3.63, 3.8) is 0 Å². The Kier molecular flexibility index (Phi) is 2.91. The minimum atomic E-state index is -1.02. The number of nitrogens with zero attached hydrogens (tertiary/aromatic N) is 3. The van der Waals surface area contributed by atoms with Crippen LogP contribution >= 0.6 is 11.6 Å². The molecule has 6 heteroatoms. The molecule has 3 aromatic rings. The van der Waals surface area contributed by atoms with E-state index < -0.39 is 5.97 Å². The first kappa shape index (κ1) is 12.6. The maximum absolute atomic E-state index is 11.4. The fourth-order valence-corrected chi connectivity index (χ4v) is 2.49. The first-order valence-electron chi connectivity index (χ1n) is 5.93. The number of carbonyl (C=O) groups is 1. The summed E-state index contributed by atoms with van der Waals surface area (Å²) in [5.74, 6) is -1.02. The van der Waals surface area contributed by atoms with E-state index in [4.69, 9.17) is 11.6 Å². The van der Waals surface area contributed by atoms with Crippen LogP contribution < -0.4 is 0 Å². The van der Waals surface area contributed by atoms with Crippen LogP contribution in [0.3, 0.4) is 0 Å². The zero-order valence-corrected chi connectivity index (χ0v) is 11.3. The highest BCUT2D eigenvalue weighted by atomic mass is 35.5. The molecule has 0 fully saturated rings. The zero-order valence-electron chi connectivity index (χ0n) is 10.5. The van der Waals surface area contributed by atoms with Crippen LogP contribution in [0.25, 0.3) is 16.7 Å². The number of carboxylic acid groups (broad SMARTS) is 1. The monoisotopic (exact) mass is 287 g/mol. The van der Waals surface area contributed by atoms with Crippen molar-refractivity contribution >= 4 is 28.6 Å². The van der Waals surface area contributed by atoms with Gasteiger partial charge < -0.3 is 5.11 Å². The van der Waals surface area contributed by atoms with Gasteiger partial charge in [-0.2, -0.15) is 0 Å². The fourth-order valence-electron chi connectivity index (χ4n) is 2.19. The molecule has 1 N–H and O–H groups in total. The Balaban J connectivity index is 2.41. The second kappa shape index (κ2) is 4.61. The van der Waals surface area contributed by atoms with Gasteiger partial charge >= 0.3 is 5.97 Å². The van der Waals surface area contributed by atoms with Crippen molar-refractivity contribution in [3.8, 4) is 5.69 Å². The third-order valence-electron chi connectivity index (χ3n) is 3.10. The number of aromatic nitrogens is 3. The van der Waals surface area contributed by atoms with Crippen molar-refractivity contribution in [2.75, 3.05) is 0 Å². The van der Waals surface area contributed by atoms with E-state index in [1.54, 1.807) is 18.2 Å². The molecule has 3 rings (SSSR count). The van der Waals surface area contributed by atoms with E-state index in [1.807, 2.05) is 19.1 Å². The van der Waals surface area contributed by atoms with E-state index in [2.05, 4.69) is 10.3 Å². The van der Waals surface area contributed by atoms with Crippen LogP contribution in [0.2, 0.25) is 5.02 Å². The van der Waals surface area contributed by atoms with Crippen LogP contribution in [-0.4, -0.2) is 26.1 Å². The van der Waals surface area contributed by atoms with Crippen molar-refractivity contribution in [2.45, 2.75) is 6.92 Å². The van der Waals surface area contributed by atoms with Crippen LogP contribution in [0.5, 0.6) is 0 Å². The molecule has 0 spiro atoms. The molecule has 100 valence electrons. The molecule has 5 nitrogen and oxygen atoms in total. The molecule has 0 aliphatic heterocycles. The van der Waals surface area contributed by atoms with Crippen molar-refractivity contribution in [3.05, 3.63) is 52.5 Å². The average Bonchev–Trinajstić information content (AvgIpc) is 2.82. The van der Waals surface area contributed by atoms with Gasteiger partial charge in [0.05, 0.1) is 16.3 Å². The molecule has 0 aliphatic carbocycles. The molecule has 0 bridgehead atoms. The van der Waals surface area contributed by atoms with Crippen molar-refractivity contribution in [2.24, 2.45) is 0 Å². The largest absolute Gasteiger partial charge is 0.478 e. The summed E-state index contributed by atoms with van der Waals surface area (Å²) in [6.07, 6.45) is 0. The molecule has 0 radical (unpaired) electrons. The van der Waals surface area contributed by atoms with Crippen molar-refractivity contribution in [1.29, 1.82) is 0 Å². The molecule has 0 atom stereocenters. The van der Waals surface area contributed by atoms with Gasteiger partial charge in [0.2, 0.25) is 0 Å². The second-order valence-electron chi connectivity index (χ2n) is 4.39. The van der Waals surface area contributed by atoms with Crippen molar-refractivity contribution in [1.82, 2.24) is 15.0 Å². The first-order chi connectivity index (χ1) is 9.59. The number of hydrogen-bond acceptors (Lipinski definition) is 3. The number of carboxylic acids is 1. The van der Waals surface area contributed by atoms with E-state index >= 15 is 0 Å². The Morgan fingerprint density at radius 1 is 1.25 bits per heavy atom. The molecule has 1 aromatic heterocycles. The Hall–Kier alpha value is -2.40. The average molecular weight is 288 g/mol. The molecule has 20 heavy (non-hydrogen) atoms. The first-order valence-corrected chi connectivity index (χ1v) is 6.30. The van der Waals surface area contributed by atoms with Gasteiger partial charge in [0.15, 0.2) is 0 Å². The fraction of sp³-hybridized carbons (Fsp3) is 0.0714. The molecule has 0 aliphatic rings. The summed E-state index contributed by atoms with van der Waals surface area (Å²) in [5, 5.41) is 17.9. The quantitative estimate of drug-likeness (QED) is 0.786. The number of para-hydroxylation sites is 2. The summed E-state index contributed by atoms with van der Waals surface area (Å²) in [6.45, 7) is 1.89. The summed E-state index contributed by atoms with van der Waals surface area (Å²) < 4.78 is 1.48. The molecular formula is C14H10ClN3O2. The molecular weight excluding hydrogens is 278 g/mol. The predicted molar refractivity (Wildman–Crippen MR) is 75.6 cm³/mol. The van der Waals surface area contributed by atoms with Crippen LogP contribution in [0, 0.1) is 6.92 Å². The van der Waals surface area contributed by atoms with E-state index in [0.717, 1.165) is 5.56 Å². The minimum absolute atomic E-state index is 0.145. The Morgan fingerprint density at radius 2 is 2.00 bits per heavy atom. The molecule has 2 aromatic carbocycles. The van der Waals surface area contributed by atoms with E-state index in [0.29, 0.717) is 21.7 Å². The van der Waals surface area contributed by atoms with E-state index in [1.165, 1.54) is 10.7 Å². The maximum atomic E-state index is 11.4. The second-order valence-corrected chi connectivity index (χ2v) is 4.79. The van der Waals surface area contributed by atoms with Gasteiger partial charge in [-0.25, -0.2) is 9.48 Å². The van der Waals surface area contributed by atoms with E-state index in [-0.39, 0.29) is 5.56 Å². The number of fused-ring (bicyclic) bond motifs is 1. The van der Waals surface area contributed by atoms with Gasteiger partial charge in [0, 0.05) is 0 Å². The third-order valence-corrected chi connectivity index (χ3v) is 3.40. The Bertz CT molecular complexity index is 806. The van der Waals surface area contributed by atoms with E-state index in [9.17, 15) is 9.90 Å². The van der Waals surface area contributed by atoms with Gasteiger partial charge in [-0.3, -0.25) is 0 Å². The molecule has 0 saturated carbocycles. The summed E-state index contributed by atoms with van der Waals surface area (Å²) in [6, 6.07) is 10.3. The third kappa shape index (κ3) is 1.83. The summed E-state index contributed by atoms with van der Waals surface area (Å²) >= 11 is 6.22. The van der Waals surface area contributed by atoms with Gasteiger partial charge in [0.25, 0.3) is 0 Å². The zero-order chi connectivity index (χ0) is 14.3. The predicted octanol–water partition coefficient (Wildman–Crippen LogP) is 3.08. The lowest BCUT2D eigenvalue weighted by Gasteiger charge is -2.09. The minimum Gasteiger partial charge on any atom is -0.478 e. The SMILES string of the molecule is Cc1cccc(Cl)c1-n1nnc2cccc(C(=O)O)c21. The van der Waals surface area contributed by atoms with Gasteiger partial charge in [0.1, 0.15) is 11.0 Å². The normalized spacial score (nSPS) is 10.9.